The Kier molecular flexibility index (Phi) is 2.37. The second-order valence-corrected chi connectivity index (χ2v) is 3.54. The highest BCUT2D eigenvalue weighted by molar-refractivity contribution is 5.26. The quantitative estimate of drug-likeness (QED) is 0.758. The monoisotopic (exact) mass is 200 g/mol. The smallest absolute Gasteiger partial charge is 0.318 e. The van der Waals surface area contributed by atoms with Gasteiger partial charge >= 0.3 is 6.01 Å². The van der Waals surface area contributed by atoms with Crippen LogP contribution < -0.4 is 10.6 Å². The van der Waals surface area contributed by atoms with Crippen LogP contribution in [0, 0.1) is 0 Å². The molecule has 0 saturated carbocycles. The zero-order valence-corrected chi connectivity index (χ0v) is 7.98. The fourth-order valence-corrected chi connectivity index (χ4v) is 1.43. The average Bonchev–Trinajstić information content (AvgIpc) is 2.70. The molecule has 2 rings (SSSR count). The van der Waals surface area contributed by atoms with Gasteiger partial charge in [0.05, 0.1) is 12.6 Å². The molecule has 1 aliphatic rings. The minimum atomic E-state index is -0.791. The average molecular weight is 200 g/mol. The third-order valence-corrected chi connectivity index (χ3v) is 2.22. The fourth-order valence-electron chi connectivity index (χ4n) is 1.43. The van der Waals surface area contributed by atoms with Gasteiger partial charge in [-0.3, -0.25) is 0 Å². The summed E-state index contributed by atoms with van der Waals surface area (Å²) in [5.74, 6) is 0.391. The molecule has 0 aromatic carbocycles. The predicted octanol–water partition coefficient (Wildman–Crippen LogP) is 0.638. The van der Waals surface area contributed by atoms with Crippen molar-refractivity contribution < 1.29 is 8.81 Å². The van der Waals surface area contributed by atoms with Gasteiger partial charge in [-0.05, 0) is 13.3 Å². The number of nitrogens with two attached hydrogens (primary N) is 1. The van der Waals surface area contributed by atoms with Gasteiger partial charge in [0.2, 0.25) is 5.89 Å². The number of anilines is 1. The molecule has 2 heterocycles. The summed E-state index contributed by atoms with van der Waals surface area (Å²) < 4.78 is 18.2. The van der Waals surface area contributed by atoms with E-state index < -0.39 is 6.17 Å². The molecule has 14 heavy (non-hydrogen) atoms. The number of alkyl halides is 1. The molecule has 1 saturated heterocycles. The van der Waals surface area contributed by atoms with Gasteiger partial charge in [0.15, 0.2) is 0 Å². The SMILES string of the molecule is CC(N)c1nnc(N2CCC(F)C2)o1. The van der Waals surface area contributed by atoms with Gasteiger partial charge in [-0.2, -0.15) is 0 Å². The normalized spacial score (nSPS) is 24.2. The van der Waals surface area contributed by atoms with Crippen LogP contribution in [0.3, 0.4) is 0 Å². The van der Waals surface area contributed by atoms with Crippen molar-refractivity contribution in [2.24, 2.45) is 5.73 Å². The van der Waals surface area contributed by atoms with Gasteiger partial charge in [-0.15, -0.1) is 5.10 Å². The van der Waals surface area contributed by atoms with Crippen molar-refractivity contribution in [1.29, 1.82) is 0 Å². The summed E-state index contributed by atoms with van der Waals surface area (Å²) in [6, 6.07) is 0.0949. The lowest BCUT2D eigenvalue weighted by molar-refractivity contribution is 0.362. The van der Waals surface area contributed by atoms with E-state index in [1.165, 1.54) is 0 Å². The number of nitrogens with zero attached hydrogens (tertiary/aromatic N) is 3. The maximum absolute atomic E-state index is 12.9. The summed E-state index contributed by atoms with van der Waals surface area (Å²) in [6.45, 7) is 2.72. The minimum absolute atomic E-state index is 0.278. The summed E-state index contributed by atoms with van der Waals surface area (Å²) >= 11 is 0. The number of halogens is 1. The summed E-state index contributed by atoms with van der Waals surface area (Å²) in [5.41, 5.74) is 5.56. The first-order chi connectivity index (χ1) is 6.66. The third kappa shape index (κ3) is 1.70. The van der Waals surface area contributed by atoms with Crippen molar-refractivity contribution >= 4 is 6.01 Å². The Balaban J connectivity index is 2.09. The molecular formula is C8H13FN4O. The first-order valence-electron chi connectivity index (χ1n) is 4.65. The van der Waals surface area contributed by atoms with E-state index in [4.69, 9.17) is 10.2 Å². The molecule has 0 amide bonds. The highest BCUT2D eigenvalue weighted by Gasteiger charge is 2.26. The van der Waals surface area contributed by atoms with Crippen LogP contribution >= 0.6 is 0 Å². The molecular weight excluding hydrogens is 187 g/mol. The third-order valence-electron chi connectivity index (χ3n) is 2.22. The van der Waals surface area contributed by atoms with Crippen LogP contribution in [0.25, 0.3) is 0 Å². The van der Waals surface area contributed by atoms with Crippen molar-refractivity contribution in [2.45, 2.75) is 25.6 Å². The van der Waals surface area contributed by atoms with Gasteiger partial charge in [0.1, 0.15) is 6.17 Å². The number of hydrogen-bond acceptors (Lipinski definition) is 5. The van der Waals surface area contributed by atoms with Crippen LogP contribution in [0.15, 0.2) is 4.42 Å². The Morgan fingerprint density at radius 2 is 2.43 bits per heavy atom. The first kappa shape index (κ1) is 9.39. The topological polar surface area (TPSA) is 68.2 Å². The van der Waals surface area contributed by atoms with Crippen molar-refractivity contribution in [1.82, 2.24) is 10.2 Å². The molecule has 2 unspecified atom stereocenters. The van der Waals surface area contributed by atoms with Crippen LogP contribution in [0.5, 0.6) is 0 Å². The molecule has 1 aliphatic heterocycles. The van der Waals surface area contributed by atoms with Gasteiger partial charge in [-0.25, -0.2) is 4.39 Å². The first-order valence-corrected chi connectivity index (χ1v) is 4.65. The number of rotatable bonds is 2. The van der Waals surface area contributed by atoms with Crippen molar-refractivity contribution in [3.63, 3.8) is 0 Å². The highest BCUT2D eigenvalue weighted by Crippen LogP contribution is 2.21. The Hall–Kier alpha value is -1.17. The van der Waals surface area contributed by atoms with E-state index in [2.05, 4.69) is 10.2 Å². The van der Waals surface area contributed by atoms with Crippen molar-refractivity contribution in [3.8, 4) is 0 Å². The molecule has 2 atom stereocenters. The van der Waals surface area contributed by atoms with E-state index in [9.17, 15) is 4.39 Å². The van der Waals surface area contributed by atoms with E-state index >= 15 is 0 Å². The van der Waals surface area contributed by atoms with E-state index in [1.807, 2.05) is 0 Å². The summed E-state index contributed by atoms with van der Waals surface area (Å²) in [5, 5.41) is 7.60. The zero-order valence-electron chi connectivity index (χ0n) is 7.98. The molecule has 0 aliphatic carbocycles. The van der Waals surface area contributed by atoms with E-state index in [0.29, 0.717) is 31.4 Å². The maximum atomic E-state index is 12.9. The van der Waals surface area contributed by atoms with E-state index in [-0.39, 0.29) is 6.04 Å². The van der Waals surface area contributed by atoms with Gasteiger partial charge in [0, 0.05) is 6.54 Å². The minimum Gasteiger partial charge on any atom is -0.406 e. The molecule has 0 spiro atoms. The van der Waals surface area contributed by atoms with Crippen LogP contribution in [0.1, 0.15) is 25.3 Å². The molecule has 0 bridgehead atoms. The second-order valence-electron chi connectivity index (χ2n) is 3.54. The molecule has 1 aromatic heterocycles. The zero-order chi connectivity index (χ0) is 10.1. The molecule has 1 fully saturated rings. The number of aromatic nitrogens is 2. The van der Waals surface area contributed by atoms with E-state index in [1.54, 1.807) is 11.8 Å². The van der Waals surface area contributed by atoms with Gasteiger partial charge < -0.3 is 15.1 Å². The largest absolute Gasteiger partial charge is 0.406 e. The lowest BCUT2D eigenvalue weighted by Gasteiger charge is -2.10. The lowest BCUT2D eigenvalue weighted by Crippen LogP contribution is -2.20. The summed E-state index contributed by atoms with van der Waals surface area (Å²) in [6.07, 6.45) is -0.267. The molecule has 0 radical (unpaired) electrons. The van der Waals surface area contributed by atoms with Crippen LogP contribution in [0.2, 0.25) is 0 Å². The highest BCUT2D eigenvalue weighted by atomic mass is 19.1. The van der Waals surface area contributed by atoms with E-state index in [0.717, 1.165) is 0 Å². The fraction of sp³-hybridized carbons (Fsp3) is 0.750. The van der Waals surface area contributed by atoms with Crippen LogP contribution in [-0.4, -0.2) is 29.5 Å². The van der Waals surface area contributed by atoms with Crippen molar-refractivity contribution in [2.75, 3.05) is 18.0 Å². The predicted molar refractivity (Wildman–Crippen MR) is 48.6 cm³/mol. The Bertz CT molecular complexity index is 314. The van der Waals surface area contributed by atoms with Crippen LogP contribution in [-0.2, 0) is 0 Å². The maximum Gasteiger partial charge on any atom is 0.318 e. The molecule has 78 valence electrons. The van der Waals surface area contributed by atoms with Crippen LogP contribution in [0.4, 0.5) is 10.4 Å². The molecule has 1 aromatic rings. The second kappa shape index (κ2) is 3.53. The molecule has 2 N–H and O–H groups in total. The van der Waals surface area contributed by atoms with Gasteiger partial charge in [-0.1, -0.05) is 5.10 Å². The Labute approximate surface area is 81.1 Å². The summed E-state index contributed by atoms with van der Waals surface area (Å²) in [7, 11) is 0. The molecule has 6 heteroatoms. The summed E-state index contributed by atoms with van der Waals surface area (Å²) in [4.78, 5) is 1.74. The van der Waals surface area contributed by atoms with Crippen molar-refractivity contribution in [3.05, 3.63) is 5.89 Å². The lowest BCUT2D eigenvalue weighted by atomic mass is 10.3. The Morgan fingerprint density at radius 3 is 2.93 bits per heavy atom. The standard InChI is InChI=1S/C8H13FN4O/c1-5(10)7-11-12-8(14-7)13-3-2-6(9)4-13/h5-6H,2-4,10H2,1H3. The number of hydrogen-bond donors (Lipinski definition) is 1. The van der Waals surface area contributed by atoms with Gasteiger partial charge in [0.25, 0.3) is 0 Å². The Morgan fingerprint density at radius 1 is 1.64 bits per heavy atom. The molecule has 5 nitrogen and oxygen atoms in total.